The van der Waals surface area contributed by atoms with E-state index in [2.05, 4.69) is 10.6 Å². The topological polar surface area (TPSA) is 107 Å². The first kappa shape index (κ1) is 19.3. The van der Waals surface area contributed by atoms with Crippen molar-refractivity contribution in [2.75, 3.05) is 17.7 Å². The van der Waals surface area contributed by atoms with Crippen LogP contribution in [0.4, 0.5) is 17.1 Å². The van der Waals surface area contributed by atoms with Crippen LogP contribution < -0.4 is 15.4 Å². The molecule has 2 N–H and O–H groups in total. The number of amides is 1. The van der Waals surface area contributed by atoms with Gasteiger partial charge in [-0.3, -0.25) is 14.9 Å². The molecule has 8 nitrogen and oxygen atoms in total. The molecule has 1 heterocycles. The third-order valence-electron chi connectivity index (χ3n) is 4.79. The molecule has 1 amide bonds. The fourth-order valence-electron chi connectivity index (χ4n) is 3.28. The van der Waals surface area contributed by atoms with Gasteiger partial charge in [-0.05, 0) is 25.1 Å². The molecule has 0 saturated heterocycles. The number of carbonyl (C=O) groups is 1. The molecule has 8 heteroatoms. The molecule has 0 saturated carbocycles. The van der Waals surface area contributed by atoms with Crippen molar-refractivity contribution in [3.63, 3.8) is 0 Å². The second-order valence-electron chi connectivity index (χ2n) is 6.81. The average molecular weight is 405 g/mol. The number of benzene rings is 3. The third kappa shape index (κ3) is 3.62. The molecule has 0 aliphatic heterocycles. The van der Waals surface area contributed by atoms with Gasteiger partial charge in [0.25, 0.3) is 5.69 Å². The molecule has 1 aromatic heterocycles. The predicted octanol–water partition coefficient (Wildman–Crippen LogP) is 4.94. The van der Waals surface area contributed by atoms with Crippen molar-refractivity contribution in [3.05, 3.63) is 70.8 Å². The molecule has 1 atom stereocenters. The van der Waals surface area contributed by atoms with Crippen molar-refractivity contribution in [1.29, 1.82) is 0 Å². The summed E-state index contributed by atoms with van der Waals surface area (Å²) >= 11 is 0. The van der Waals surface area contributed by atoms with Crippen LogP contribution in [0.3, 0.4) is 0 Å². The van der Waals surface area contributed by atoms with Gasteiger partial charge in [-0.15, -0.1) is 0 Å². The zero-order valence-electron chi connectivity index (χ0n) is 16.3. The lowest BCUT2D eigenvalue weighted by molar-refractivity contribution is -0.384. The molecule has 152 valence electrons. The van der Waals surface area contributed by atoms with Gasteiger partial charge in [0.15, 0.2) is 0 Å². The van der Waals surface area contributed by atoms with E-state index in [4.69, 9.17) is 9.15 Å². The Morgan fingerprint density at radius 3 is 2.63 bits per heavy atom. The summed E-state index contributed by atoms with van der Waals surface area (Å²) in [5.41, 5.74) is 2.28. The van der Waals surface area contributed by atoms with Crippen molar-refractivity contribution < 1.29 is 18.9 Å². The van der Waals surface area contributed by atoms with Crippen LogP contribution in [-0.2, 0) is 4.79 Å². The second kappa shape index (κ2) is 7.75. The first-order chi connectivity index (χ1) is 14.5. The van der Waals surface area contributed by atoms with Crippen LogP contribution >= 0.6 is 0 Å². The number of non-ortho nitro benzene ring substituents is 1. The van der Waals surface area contributed by atoms with Gasteiger partial charge in [0, 0.05) is 34.7 Å². The number of nitro benzene ring substituents is 1. The highest BCUT2D eigenvalue weighted by Gasteiger charge is 2.18. The van der Waals surface area contributed by atoms with E-state index in [1.54, 1.807) is 25.1 Å². The number of methoxy groups -OCH3 is 1. The van der Waals surface area contributed by atoms with Gasteiger partial charge in [-0.25, -0.2) is 0 Å². The number of nitrogens with zero attached hydrogens (tertiary/aromatic N) is 1. The van der Waals surface area contributed by atoms with E-state index in [1.165, 1.54) is 19.2 Å². The van der Waals surface area contributed by atoms with Crippen LogP contribution in [0.1, 0.15) is 6.92 Å². The highest BCUT2D eigenvalue weighted by molar-refractivity contribution is 6.08. The van der Waals surface area contributed by atoms with E-state index >= 15 is 0 Å². The van der Waals surface area contributed by atoms with E-state index in [0.29, 0.717) is 22.7 Å². The Labute approximate surface area is 171 Å². The first-order valence-corrected chi connectivity index (χ1v) is 9.27. The number of hydrogen-bond donors (Lipinski definition) is 2. The molecule has 30 heavy (non-hydrogen) atoms. The molecule has 0 unspecified atom stereocenters. The van der Waals surface area contributed by atoms with Crippen LogP contribution in [0.25, 0.3) is 21.9 Å². The predicted molar refractivity (Wildman–Crippen MR) is 115 cm³/mol. The molecule has 3 aromatic carbocycles. The quantitative estimate of drug-likeness (QED) is 0.347. The van der Waals surface area contributed by atoms with Gasteiger partial charge in [0.2, 0.25) is 5.91 Å². The Balaban J connectivity index is 1.58. The maximum absolute atomic E-state index is 12.7. The number of rotatable bonds is 6. The summed E-state index contributed by atoms with van der Waals surface area (Å²) in [6.07, 6.45) is 0. The molecular weight excluding hydrogens is 386 g/mol. The number of anilines is 2. The summed E-state index contributed by atoms with van der Waals surface area (Å²) in [7, 11) is 1.53. The highest BCUT2D eigenvalue weighted by Crippen LogP contribution is 2.36. The van der Waals surface area contributed by atoms with E-state index in [1.807, 2.05) is 30.3 Å². The fourth-order valence-corrected chi connectivity index (χ4v) is 3.28. The Bertz CT molecular complexity index is 1260. The van der Waals surface area contributed by atoms with E-state index in [9.17, 15) is 14.9 Å². The van der Waals surface area contributed by atoms with Gasteiger partial charge < -0.3 is 19.8 Å². The zero-order chi connectivity index (χ0) is 21.3. The lowest BCUT2D eigenvalue weighted by Gasteiger charge is -2.16. The number of furan rings is 1. The number of nitrogens with one attached hydrogen (secondary N) is 2. The zero-order valence-corrected chi connectivity index (χ0v) is 16.3. The molecule has 0 radical (unpaired) electrons. The Morgan fingerprint density at radius 1 is 1.07 bits per heavy atom. The Morgan fingerprint density at radius 2 is 1.87 bits per heavy atom. The number of nitro groups is 1. The molecule has 0 aliphatic carbocycles. The van der Waals surface area contributed by atoms with Crippen molar-refractivity contribution in [2.24, 2.45) is 0 Å². The normalized spacial score (nSPS) is 11.9. The molecule has 4 rings (SSSR count). The molecule has 0 aliphatic rings. The lowest BCUT2D eigenvalue weighted by Crippen LogP contribution is -2.32. The molecule has 0 fully saturated rings. The van der Waals surface area contributed by atoms with E-state index in [0.717, 1.165) is 16.4 Å². The van der Waals surface area contributed by atoms with Gasteiger partial charge in [0.05, 0.1) is 17.7 Å². The second-order valence-corrected chi connectivity index (χ2v) is 6.81. The molecule has 0 spiro atoms. The van der Waals surface area contributed by atoms with Crippen molar-refractivity contribution in [1.82, 2.24) is 0 Å². The smallest absolute Gasteiger partial charge is 0.271 e. The summed E-state index contributed by atoms with van der Waals surface area (Å²) < 4.78 is 11.3. The van der Waals surface area contributed by atoms with Crippen LogP contribution in [0.2, 0.25) is 0 Å². The van der Waals surface area contributed by atoms with Crippen molar-refractivity contribution in [2.45, 2.75) is 13.0 Å². The first-order valence-electron chi connectivity index (χ1n) is 9.27. The number of fused-ring (bicyclic) bond motifs is 3. The summed E-state index contributed by atoms with van der Waals surface area (Å²) in [5.74, 6) is 0.181. The average Bonchev–Trinajstić information content (AvgIpc) is 3.10. The van der Waals surface area contributed by atoms with Gasteiger partial charge >= 0.3 is 0 Å². The number of para-hydroxylation sites is 1. The minimum atomic E-state index is -0.650. The van der Waals surface area contributed by atoms with Gasteiger partial charge in [-0.2, -0.15) is 0 Å². The molecule has 0 bridgehead atoms. The number of ether oxygens (including phenoxy) is 1. The minimum absolute atomic E-state index is 0.0513. The maximum Gasteiger partial charge on any atom is 0.271 e. The lowest BCUT2D eigenvalue weighted by atomic mass is 10.1. The SMILES string of the molecule is COc1cc2c(cc1NC(=O)[C@H](C)Nc1cccc([N+](=O)[O-])c1)oc1ccccc12. The standard InChI is InChI=1S/C22H19N3O5/c1-13(23-14-6-5-7-15(10-14)25(27)28)22(26)24-18-12-20-17(11-21(18)29-2)16-8-3-4-9-19(16)30-20/h3-13,23H,1-2H3,(H,24,26)/t13-/m0/s1. The van der Waals surface area contributed by atoms with Gasteiger partial charge in [-0.1, -0.05) is 24.3 Å². The number of hydrogen-bond acceptors (Lipinski definition) is 6. The number of carbonyl (C=O) groups excluding carboxylic acids is 1. The minimum Gasteiger partial charge on any atom is -0.495 e. The summed E-state index contributed by atoms with van der Waals surface area (Å²) in [4.78, 5) is 23.2. The molecule has 4 aromatic rings. The maximum atomic E-state index is 12.7. The monoisotopic (exact) mass is 405 g/mol. The van der Waals surface area contributed by atoms with Crippen molar-refractivity contribution in [3.8, 4) is 5.75 Å². The summed E-state index contributed by atoms with van der Waals surface area (Å²) in [6, 6.07) is 16.6. The largest absolute Gasteiger partial charge is 0.495 e. The van der Waals surface area contributed by atoms with E-state index in [-0.39, 0.29) is 11.6 Å². The van der Waals surface area contributed by atoms with E-state index < -0.39 is 11.0 Å². The summed E-state index contributed by atoms with van der Waals surface area (Å²) in [5, 5.41) is 18.6. The van der Waals surface area contributed by atoms with Gasteiger partial charge in [0.1, 0.15) is 23.0 Å². The Kier molecular flexibility index (Phi) is 4.97. The third-order valence-corrected chi connectivity index (χ3v) is 4.79. The van der Waals surface area contributed by atoms with Crippen LogP contribution in [0.15, 0.2) is 65.1 Å². The van der Waals surface area contributed by atoms with Crippen LogP contribution in [-0.4, -0.2) is 24.0 Å². The van der Waals surface area contributed by atoms with Crippen molar-refractivity contribution >= 4 is 44.9 Å². The Hall–Kier alpha value is -4.07. The summed E-state index contributed by atoms with van der Waals surface area (Å²) in [6.45, 7) is 1.67. The molecular formula is C22H19N3O5. The van der Waals surface area contributed by atoms with Crippen LogP contribution in [0, 0.1) is 10.1 Å². The highest BCUT2D eigenvalue weighted by atomic mass is 16.6. The van der Waals surface area contributed by atoms with Crippen LogP contribution in [0.5, 0.6) is 5.75 Å². The fraction of sp³-hybridized carbons (Fsp3) is 0.136.